The third-order valence-corrected chi connectivity index (χ3v) is 3.72. The second kappa shape index (κ2) is 7.29. The molecule has 0 aliphatic heterocycles. The van der Waals surface area contributed by atoms with Gasteiger partial charge in [-0.15, -0.1) is 0 Å². The first-order valence-corrected chi connectivity index (χ1v) is 7.85. The van der Waals surface area contributed by atoms with Gasteiger partial charge in [0, 0.05) is 19.0 Å². The second-order valence-corrected chi connectivity index (χ2v) is 6.18. The van der Waals surface area contributed by atoms with Gasteiger partial charge < -0.3 is 9.73 Å². The quantitative estimate of drug-likeness (QED) is 0.855. The summed E-state index contributed by atoms with van der Waals surface area (Å²) < 4.78 is 6.66. The van der Waals surface area contributed by atoms with E-state index in [4.69, 9.17) is 4.42 Å². The van der Waals surface area contributed by atoms with Crippen LogP contribution in [0.15, 0.2) is 33.5 Å². The Morgan fingerprint density at radius 2 is 1.95 bits per heavy atom. The van der Waals surface area contributed by atoms with Crippen molar-refractivity contribution in [3.05, 3.63) is 34.8 Å². The number of benzene rings is 1. The van der Waals surface area contributed by atoms with Crippen LogP contribution in [0.3, 0.4) is 0 Å². The van der Waals surface area contributed by atoms with E-state index in [-0.39, 0.29) is 18.4 Å². The normalized spacial score (nSPS) is 12.7. The van der Waals surface area contributed by atoms with Crippen molar-refractivity contribution in [2.75, 3.05) is 0 Å². The molecule has 1 N–H and O–H groups in total. The minimum absolute atomic E-state index is 0.0339. The van der Waals surface area contributed by atoms with E-state index < -0.39 is 5.76 Å². The highest BCUT2D eigenvalue weighted by Crippen LogP contribution is 2.12. The van der Waals surface area contributed by atoms with Crippen molar-refractivity contribution in [1.29, 1.82) is 0 Å². The minimum atomic E-state index is -0.415. The molecule has 5 heteroatoms. The van der Waals surface area contributed by atoms with Gasteiger partial charge in [-0.3, -0.25) is 9.36 Å². The molecule has 5 nitrogen and oxygen atoms in total. The summed E-state index contributed by atoms with van der Waals surface area (Å²) in [5.41, 5.74) is 1.28. The molecule has 0 aliphatic carbocycles. The molecule has 0 saturated carbocycles. The van der Waals surface area contributed by atoms with Crippen LogP contribution in [0.25, 0.3) is 11.1 Å². The van der Waals surface area contributed by atoms with Crippen molar-refractivity contribution in [3.8, 4) is 0 Å². The van der Waals surface area contributed by atoms with Crippen molar-refractivity contribution in [2.45, 2.75) is 52.6 Å². The molecule has 0 saturated heterocycles. The van der Waals surface area contributed by atoms with Crippen LogP contribution in [0.2, 0.25) is 0 Å². The first-order chi connectivity index (χ1) is 10.5. The summed E-state index contributed by atoms with van der Waals surface area (Å²) >= 11 is 0. The fourth-order valence-electron chi connectivity index (χ4n) is 2.44. The first kappa shape index (κ1) is 16.3. The van der Waals surface area contributed by atoms with Gasteiger partial charge in [-0.05, 0) is 37.8 Å². The van der Waals surface area contributed by atoms with Gasteiger partial charge in [0.1, 0.15) is 0 Å². The fourth-order valence-corrected chi connectivity index (χ4v) is 2.44. The highest BCUT2D eigenvalue weighted by molar-refractivity contribution is 5.77. The molecule has 1 aromatic carbocycles. The van der Waals surface area contributed by atoms with Gasteiger partial charge in [-0.1, -0.05) is 26.0 Å². The fraction of sp³-hybridized carbons (Fsp3) is 0.529. The summed E-state index contributed by atoms with van der Waals surface area (Å²) in [6, 6.07) is 7.40. The van der Waals surface area contributed by atoms with E-state index in [0.717, 1.165) is 18.4 Å². The Hall–Kier alpha value is -2.04. The van der Waals surface area contributed by atoms with Crippen LogP contribution in [0, 0.1) is 5.92 Å². The van der Waals surface area contributed by atoms with Gasteiger partial charge in [-0.25, -0.2) is 4.79 Å². The van der Waals surface area contributed by atoms with Crippen LogP contribution < -0.4 is 11.1 Å². The Labute approximate surface area is 130 Å². The number of nitrogens with one attached hydrogen (secondary N) is 1. The lowest BCUT2D eigenvalue weighted by molar-refractivity contribution is -0.121. The number of carbonyl (C=O) groups is 1. The van der Waals surface area contributed by atoms with Gasteiger partial charge in [0.25, 0.3) is 0 Å². The number of nitrogens with zero attached hydrogens (tertiary/aromatic N) is 1. The molecule has 1 atom stereocenters. The number of oxazole rings is 1. The van der Waals surface area contributed by atoms with Crippen LogP contribution in [0.1, 0.15) is 40.0 Å². The van der Waals surface area contributed by atoms with Crippen LogP contribution in [0.5, 0.6) is 0 Å². The molecular formula is C17H24N2O3. The third kappa shape index (κ3) is 4.23. The van der Waals surface area contributed by atoms with Gasteiger partial charge >= 0.3 is 5.76 Å². The smallest absolute Gasteiger partial charge is 0.408 e. The zero-order valence-electron chi connectivity index (χ0n) is 13.5. The Morgan fingerprint density at radius 3 is 2.68 bits per heavy atom. The van der Waals surface area contributed by atoms with E-state index in [1.165, 1.54) is 4.57 Å². The van der Waals surface area contributed by atoms with Crippen LogP contribution in [-0.4, -0.2) is 16.5 Å². The maximum absolute atomic E-state index is 12.0. The molecular weight excluding hydrogens is 280 g/mol. The van der Waals surface area contributed by atoms with E-state index in [9.17, 15) is 9.59 Å². The largest absolute Gasteiger partial charge is 0.419 e. The van der Waals surface area contributed by atoms with Gasteiger partial charge in [0.05, 0.1) is 5.52 Å². The molecule has 1 aromatic heterocycles. The molecule has 120 valence electrons. The van der Waals surface area contributed by atoms with E-state index >= 15 is 0 Å². The summed E-state index contributed by atoms with van der Waals surface area (Å²) in [7, 11) is 0. The zero-order valence-corrected chi connectivity index (χ0v) is 13.5. The van der Waals surface area contributed by atoms with Gasteiger partial charge in [0.2, 0.25) is 5.91 Å². The van der Waals surface area contributed by atoms with Crippen molar-refractivity contribution in [1.82, 2.24) is 9.88 Å². The SMILES string of the molecule is CC(C)CCC(C)NC(=O)CCn1c(=O)oc2ccccc21. The third-order valence-electron chi connectivity index (χ3n) is 3.72. The summed E-state index contributed by atoms with van der Waals surface area (Å²) in [6.45, 7) is 6.69. The highest BCUT2D eigenvalue weighted by Gasteiger charge is 2.12. The van der Waals surface area contributed by atoms with Crippen LogP contribution in [-0.2, 0) is 11.3 Å². The maximum Gasteiger partial charge on any atom is 0.419 e. The average Bonchev–Trinajstić information content (AvgIpc) is 2.78. The molecule has 2 rings (SSSR count). The summed E-state index contributed by atoms with van der Waals surface area (Å²) in [5.74, 6) is 0.186. The number of fused-ring (bicyclic) bond motifs is 1. The van der Waals surface area contributed by atoms with E-state index in [1.54, 1.807) is 6.07 Å². The lowest BCUT2D eigenvalue weighted by Crippen LogP contribution is -2.33. The maximum atomic E-state index is 12.0. The molecule has 0 aliphatic rings. The number of hydrogen-bond acceptors (Lipinski definition) is 3. The number of carbonyl (C=O) groups excluding carboxylic acids is 1. The second-order valence-electron chi connectivity index (χ2n) is 6.18. The molecule has 0 fully saturated rings. The molecule has 0 radical (unpaired) electrons. The lowest BCUT2D eigenvalue weighted by Gasteiger charge is -2.15. The summed E-state index contributed by atoms with van der Waals surface area (Å²) in [6.07, 6.45) is 2.33. The lowest BCUT2D eigenvalue weighted by atomic mass is 10.0. The molecule has 2 aromatic rings. The Kier molecular flexibility index (Phi) is 5.41. The highest BCUT2D eigenvalue weighted by atomic mass is 16.4. The zero-order chi connectivity index (χ0) is 16.1. The number of aryl methyl sites for hydroxylation is 1. The molecule has 0 bridgehead atoms. The predicted octanol–water partition coefficient (Wildman–Crippen LogP) is 2.93. The monoisotopic (exact) mass is 304 g/mol. The van der Waals surface area contributed by atoms with E-state index in [0.29, 0.717) is 18.0 Å². The number of aromatic nitrogens is 1. The number of para-hydroxylation sites is 2. The Balaban J connectivity index is 1.90. The first-order valence-electron chi connectivity index (χ1n) is 7.85. The van der Waals surface area contributed by atoms with Crippen LogP contribution in [0.4, 0.5) is 0 Å². The van der Waals surface area contributed by atoms with Crippen LogP contribution >= 0.6 is 0 Å². The minimum Gasteiger partial charge on any atom is -0.408 e. The average molecular weight is 304 g/mol. The molecule has 22 heavy (non-hydrogen) atoms. The number of rotatable bonds is 7. The molecule has 1 amide bonds. The summed E-state index contributed by atoms with van der Waals surface area (Å²) in [5, 5.41) is 2.98. The molecule has 0 spiro atoms. The predicted molar refractivity (Wildman–Crippen MR) is 86.8 cm³/mol. The van der Waals surface area contributed by atoms with E-state index in [2.05, 4.69) is 19.2 Å². The van der Waals surface area contributed by atoms with Crippen molar-refractivity contribution in [2.24, 2.45) is 5.92 Å². The van der Waals surface area contributed by atoms with Gasteiger partial charge in [-0.2, -0.15) is 0 Å². The summed E-state index contributed by atoms with van der Waals surface area (Å²) in [4.78, 5) is 23.8. The van der Waals surface area contributed by atoms with Gasteiger partial charge in [0.15, 0.2) is 5.58 Å². The number of amides is 1. The van der Waals surface area contributed by atoms with Crippen molar-refractivity contribution >= 4 is 17.0 Å². The van der Waals surface area contributed by atoms with Crippen molar-refractivity contribution < 1.29 is 9.21 Å². The topological polar surface area (TPSA) is 64.2 Å². The van der Waals surface area contributed by atoms with Crippen molar-refractivity contribution in [3.63, 3.8) is 0 Å². The Morgan fingerprint density at radius 1 is 1.23 bits per heavy atom. The van der Waals surface area contributed by atoms with E-state index in [1.807, 2.05) is 25.1 Å². The Bertz CT molecular complexity index is 685. The molecule has 1 heterocycles. The number of hydrogen-bond donors (Lipinski definition) is 1. The molecule has 1 unspecified atom stereocenters. The standard InChI is InChI=1S/C17H24N2O3/c1-12(2)8-9-13(3)18-16(20)10-11-19-14-6-4-5-7-15(14)22-17(19)21/h4-7,12-13H,8-11H2,1-3H3,(H,18,20).